The Morgan fingerprint density at radius 3 is 2.58 bits per heavy atom. The molecule has 2 fully saturated rings. The second kappa shape index (κ2) is 3.00. The van der Waals surface area contributed by atoms with Gasteiger partial charge in [-0.1, -0.05) is 6.42 Å². The largest absolute Gasteiger partial charge is 0.391 e. The Labute approximate surface area is 74.4 Å². The summed E-state index contributed by atoms with van der Waals surface area (Å²) in [5, 5.41) is 13.5. The lowest BCUT2D eigenvalue weighted by atomic mass is 9.73. The van der Waals surface area contributed by atoms with Crippen molar-refractivity contribution in [1.82, 2.24) is 5.32 Å². The molecule has 2 heteroatoms. The Bertz CT molecular complexity index is 159. The zero-order valence-electron chi connectivity index (χ0n) is 7.84. The molecule has 0 bridgehead atoms. The molecule has 2 aliphatic rings. The van der Waals surface area contributed by atoms with Crippen molar-refractivity contribution in [1.29, 1.82) is 0 Å². The molecule has 70 valence electrons. The number of hydrogen-bond donors (Lipinski definition) is 2. The summed E-state index contributed by atoms with van der Waals surface area (Å²) in [4.78, 5) is 0. The fourth-order valence-corrected chi connectivity index (χ4v) is 2.45. The van der Waals surface area contributed by atoms with Gasteiger partial charge in [-0.3, -0.25) is 0 Å². The second-order valence-corrected chi connectivity index (χ2v) is 4.58. The van der Waals surface area contributed by atoms with E-state index in [1.54, 1.807) is 0 Å². The van der Waals surface area contributed by atoms with Crippen molar-refractivity contribution in [2.45, 2.75) is 50.7 Å². The Balaban J connectivity index is 1.96. The standard InChI is InChI=1S/C10H19NO/c1-10(6-3-7-11-10)9(12)8-4-2-5-8/h8-9,11-12H,2-7H2,1H3. The molecule has 1 saturated carbocycles. The predicted octanol–water partition coefficient (Wildman–Crippen LogP) is 1.29. The van der Waals surface area contributed by atoms with E-state index in [-0.39, 0.29) is 11.6 Å². The molecule has 1 saturated heterocycles. The van der Waals surface area contributed by atoms with Crippen LogP contribution in [0.4, 0.5) is 0 Å². The van der Waals surface area contributed by atoms with Crippen molar-refractivity contribution in [3.05, 3.63) is 0 Å². The summed E-state index contributed by atoms with van der Waals surface area (Å²) in [6.45, 7) is 3.25. The topological polar surface area (TPSA) is 32.3 Å². The maximum Gasteiger partial charge on any atom is 0.0747 e. The van der Waals surface area contributed by atoms with Crippen LogP contribution in [0.25, 0.3) is 0 Å². The summed E-state index contributed by atoms with van der Waals surface area (Å²) < 4.78 is 0. The van der Waals surface area contributed by atoms with E-state index in [1.807, 2.05) is 0 Å². The molecule has 0 aromatic heterocycles. The molecule has 0 radical (unpaired) electrons. The van der Waals surface area contributed by atoms with Gasteiger partial charge in [-0.25, -0.2) is 0 Å². The molecule has 0 aromatic rings. The molecule has 0 spiro atoms. The summed E-state index contributed by atoms with van der Waals surface area (Å²) in [5.41, 5.74) is 0.0328. The molecule has 2 unspecified atom stereocenters. The molecule has 0 amide bonds. The van der Waals surface area contributed by atoms with E-state index in [9.17, 15) is 5.11 Å². The summed E-state index contributed by atoms with van der Waals surface area (Å²) in [6, 6.07) is 0. The van der Waals surface area contributed by atoms with Gasteiger partial charge in [0.1, 0.15) is 0 Å². The maximum atomic E-state index is 10.1. The van der Waals surface area contributed by atoms with Gasteiger partial charge in [0.25, 0.3) is 0 Å². The molecule has 2 nitrogen and oxygen atoms in total. The molecule has 2 rings (SSSR count). The highest BCUT2D eigenvalue weighted by atomic mass is 16.3. The summed E-state index contributed by atoms with van der Waals surface area (Å²) in [5.74, 6) is 0.584. The fourth-order valence-electron chi connectivity index (χ4n) is 2.45. The van der Waals surface area contributed by atoms with Crippen LogP contribution in [-0.2, 0) is 0 Å². The number of rotatable bonds is 2. The lowest BCUT2D eigenvalue weighted by Crippen LogP contribution is -2.52. The van der Waals surface area contributed by atoms with Crippen LogP contribution in [0.15, 0.2) is 0 Å². The average molecular weight is 169 g/mol. The van der Waals surface area contributed by atoms with Gasteiger partial charge < -0.3 is 10.4 Å². The highest BCUT2D eigenvalue weighted by Gasteiger charge is 2.41. The van der Waals surface area contributed by atoms with Crippen molar-refractivity contribution in [2.75, 3.05) is 6.54 Å². The molecule has 1 heterocycles. The first-order valence-electron chi connectivity index (χ1n) is 5.15. The first-order chi connectivity index (χ1) is 5.72. The molecular weight excluding hydrogens is 150 g/mol. The van der Waals surface area contributed by atoms with Crippen LogP contribution >= 0.6 is 0 Å². The summed E-state index contributed by atoms with van der Waals surface area (Å²) in [7, 11) is 0. The van der Waals surface area contributed by atoms with Gasteiger partial charge in [0.2, 0.25) is 0 Å². The Morgan fingerprint density at radius 1 is 1.42 bits per heavy atom. The lowest BCUT2D eigenvalue weighted by Gasteiger charge is -2.40. The molecule has 12 heavy (non-hydrogen) atoms. The molecule has 2 atom stereocenters. The minimum absolute atomic E-state index is 0.0328. The minimum atomic E-state index is -0.103. The minimum Gasteiger partial charge on any atom is -0.391 e. The normalized spacial score (nSPS) is 39.5. The van der Waals surface area contributed by atoms with Gasteiger partial charge in [0, 0.05) is 5.54 Å². The first kappa shape index (κ1) is 8.52. The van der Waals surface area contributed by atoms with E-state index >= 15 is 0 Å². The van der Waals surface area contributed by atoms with Crippen LogP contribution in [0, 0.1) is 5.92 Å². The highest BCUT2D eigenvalue weighted by Crippen LogP contribution is 2.37. The van der Waals surface area contributed by atoms with Crippen molar-refractivity contribution in [3.63, 3.8) is 0 Å². The molecule has 1 aliphatic carbocycles. The maximum absolute atomic E-state index is 10.1. The third-order valence-electron chi connectivity index (χ3n) is 3.65. The van der Waals surface area contributed by atoms with Gasteiger partial charge in [0.15, 0.2) is 0 Å². The van der Waals surface area contributed by atoms with Gasteiger partial charge >= 0.3 is 0 Å². The van der Waals surface area contributed by atoms with Crippen LogP contribution in [0.1, 0.15) is 39.0 Å². The van der Waals surface area contributed by atoms with Gasteiger partial charge in [0.05, 0.1) is 6.10 Å². The smallest absolute Gasteiger partial charge is 0.0747 e. The van der Waals surface area contributed by atoms with Gasteiger partial charge in [-0.2, -0.15) is 0 Å². The van der Waals surface area contributed by atoms with Crippen molar-refractivity contribution < 1.29 is 5.11 Å². The third kappa shape index (κ3) is 1.27. The number of hydrogen-bond acceptors (Lipinski definition) is 2. The molecular formula is C10H19NO. The number of nitrogens with one attached hydrogen (secondary N) is 1. The first-order valence-corrected chi connectivity index (χ1v) is 5.15. The SMILES string of the molecule is CC1(C(O)C2CCC2)CCCN1. The Kier molecular flexibility index (Phi) is 2.13. The van der Waals surface area contributed by atoms with Gasteiger partial charge in [-0.05, 0) is 45.1 Å². The van der Waals surface area contributed by atoms with Crippen molar-refractivity contribution >= 4 is 0 Å². The highest BCUT2D eigenvalue weighted by molar-refractivity contribution is 4.99. The van der Waals surface area contributed by atoms with Crippen molar-refractivity contribution in [2.24, 2.45) is 5.92 Å². The van der Waals surface area contributed by atoms with E-state index in [1.165, 1.54) is 25.7 Å². The van der Waals surface area contributed by atoms with E-state index in [0.717, 1.165) is 13.0 Å². The van der Waals surface area contributed by atoms with E-state index in [2.05, 4.69) is 12.2 Å². The van der Waals surface area contributed by atoms with Crippen LogP contribution in [0.2, 0.25) is 0 Å². The van der Waals surface area contributed by atoms with Crippen molar-refractivity contribution in [3.8, 4) is 0 Å². The number of aliphatic hydroxyl groups excluding tert-OH is 1. The van der Waals surface area contributed by atoms with Crippen LogP contribution in [-0.4, -0.2) is 23.3 Å². The molecule has 1 aliphatic heterocycles. The predicted molar refractivity (Wildman–Crippen MR) is 49.0 cm³/mol. The summed E-state index contributed by atoms with van der Waals surface area (Å²) in [6.07, 6.45) is 6.05. The third-order valence-corrected chi connectivity index (χ3v) is 3.65. The van der Waals surface area contributed by atoms with Crippen LogP contribution < -0.4 is 5.32 Å². The van der Waals surface area contributed by atoms with E-state index in [4.69, 9.17) is 0 Å². The Morgan fingerprint density at radius 2 is 2.17 bits per heavy atom. The lowest BCUT2D eigenvalue weighted by molar-refractivity contribution is -0.00215. The van der Waals surface area contributed by atoms with Crippen LogP contribution in [0.3, 0.4) is 0 Å². The van der Waals surface area contributed by atoms with E-state index in [0.29, 0.717) is 5.92 Å². The second-order valence-electron chi connectivity index (χ2n) is 4.58. The molecule has 2 N–H and O–H groups in total. The zero-order chi connectivity index (χ0) is 8.60. The fraction of sp³-hybridized carbons (Fsp3) is 1.00. The monoisotopic (exact) mass is 169 g/mol. The Hall–Kier alpha value is -0.0800. The van der Waals surface area contributed by atoms with Gasteiger partial charge in [-0.15, -0.1) is 0 Å². The van der Waals surface area contributed by atoms with Crippen LogP contribution in [0.5, 0.6) is 0 Å². The number of aliphatic hydroxyl groups is 1. The van der Waals surface area contributed by atoms with E-state index < -0.39 is 0 Å². The summed E-state index contributed by atoms with van der Waals surface area (Å²) >= 11 is 0. The average Bonchev–Trinajstić information content (AvgIpc) is 2.33. The zero-order valence-corrected chi connectivity index (χ0v) is 7.84. The quantitative estimate of drug-likeness (QED) is 0.653. The molecule has 0 aromatic carbocycles.